The molecule has 0 aromatic rings. The molecule has 25 heavy (non-hydrogen) atoms. The van der Waals surface area contributed by atoms with Crippen LogP contribution >= 0.6 is 0 Å². The van der Waals surface area contributed by atoms with Gasteiger partial charge in [0, 0.05) is 28.4 Å². The van der Waals surface area contributed by atoms with Crippen LogP contribution in [0.25, 0.3) is 0 Å². The molecule has 152 valence electrons. The highest BCUT2D eigenvalue weighted by Crippen LogP contribution is 2.21. The van der Waals surface area contributed by atoms with E-state index < -0.39 is 9.05 Å². The summed E-state index contributed by atoms with van der Waals surface area (Å²) in [7, 11) is 2.93. The van der Waals surface area contributed by atoms with Gasteiger partial charge in [-0.3, -0.25) is 0 Å². The third-order valence-corrected chi connectivity index (χ3v) is 5.75. The molecule has 0 saturated heterocycles. The van der Waals surface area contributed by atoms with Gasteiger partial charge in [0.1, 0.15) is 0 Å². The molecule has 0 heterocycles. The summed E-state index contributed by atoms with van der Waals surface area (Å²) in [6, 6.07) is 0. The molecule has 0 fully saturated rings. The van der Waals surface area contributed by atoms with E-state index in [1.165, 1.54) is 0 Å². The third-order valence-electron chi connectivity index (χ3n) is 2.99. The van der Waals surface area contributed by atoms with Crippen molar-refractivity contribution in [3.63, 3.8) is 0 Å². The van der Waals surface area contributed by atoms with Gasteiger partial charge in [-0.1, -0.05) is 0 Å². The quantitative estimate of drug-likeness (QED) is 0.372. The van der Waals surface area contributed by atoms with Crippen molar-refractivity contribution in [2.45, 2.75) is 52.1 Å². The Morgan fingerprint density at radius 2 is 0.680 bits per heavy atom. The minimum Gasteiger partial charge on any atom is -0.382 e. The summed E-state index contributed by atoms with van der Waals surface area (Å²) in [6.07, 6.45) is -1.07. The van der Waals surface area contributed by atoms with Crippen molar-refractivity contribution in [2.75, 3.05) is 54.9 Å². The average molecular weight is 385 g/mol. The first-order valence-corrected chi connectivity index (χ1v) is 10.1. The van der Waals surface area contributed by atoms with Crippen LogP contribution in [0.5, 0.6) is 0 Å². The van der Waals surface area contributed by atoms with Gasteiger partial charge in [-0.25, -0.2) is 0 Å². The lowest BCUT2D eigenvalue weighted by Crippen LogP contribution is -2.57. The molecule has 0 rings (SSSR count). The van der Waals surface area contributed by atoms with E-state index in [0.29, 0.717) is 26.4 Å². The Kier molecular flexibility index (Phi) is 14.0. The van der Waals surface area contributed by atoms with Crippen molar-refractivity contribution in [3.8, 4) is 0 Å². The Labute approximate surface area is 153 Å². The van der Waals surface area contributed by atoms with Gasteiger partial charge in [0.05, 0.1) is 50.8 Å². The first-order valence-electron chi connectivity index (χ1n) is 8.49. The predicted octanol–water partition coefficient (Wildman–Crippen LogP) is 1.63. The Morgan fingerprint density at radius 3 is 0.840 bits per heavy atom. The van der Waals surface area contributed by atoms with Crippen LogP contribution < -0.4 is 0 Å². The largest absolute Gasteiger partial charge is 0.680 e. The van der Waals surface area contributed by atoms with E-state index in [4.69, 9.17) is 36.7 Å². The number of methoxy groups -OCH3 is 4. The van der Waals surface area contributed by atoms with Crippen LogP contribution in [0.1, 0.15) is 27.7 Å². The van der Waals surface area contributed by atoms with Gasteiger partial charge in [-0.15, -0.1) is 0 Å². The summed E-state index contributed by atoms with van der Waals surface area (Å²) >= 11 is 0. The van der Waals surface area contributed by atoms with E-state index in [-0.39, 0.29) is 24.4 Å². The lowest BCUT2D eigenvalue weighted by Gasteiger charge is -2.36. The fraction of sp³-hybridized carbons (Fsp3) is 1.00. The SMILES string of the molecule is COC[C@H](C)O[Si](O[C@@H](C)COC)(O[C@@H](C)COC)O[C@@H](C)COC. The zero-order chi connectivity index (χ0) is 19.3. The van der Waals surface area contributed by atoms with Crippen LogP contribution in [0.15, 0.2) is 0 Å². The second kappa shape index (κ2) is 14.0. The third kappa shape index (κ3) is 11.3. The maximum Gasteiger partial charge on any atom is 0.680 e. The molecular formula is C16H36O8Si. The van der Waals surface area contributed by atoms with Gasteiger partial charge in [-0.05, 0) is 27.7 Å². The summed E-state index contributed by atoms with van der Waals surface area (Å²) < 4.78 is 45.1. The highest BCUT2D eigenvalue weighted by molar-refractivity contribution is 6.53. The number of rotatable bonds is 16. The predicted molar refractivity (Wildman–Crippen MR) is 95.4 cm³/mol. The minimum absolute atomic E-state index is 0.268. The average Bonchev–Trinajstić information content (AvgIpc) is 2.47. The molecule has 0 aromatic carbocycles. The Hall–Kier alpha value is -0.103. The topological polar surface area (TPSA) is 73.8 Å². The van der Waals surface area contributed by atoms with Crippen molar-refractivity contribution in [3.05, 3.63) is 0 Å². The van der Waals surface area contributed by atoms with E-state index in [1.54, 1.807) is 28.4 Å². The summed E-state index contributed by atoms with van der Waals surface area (Å²) in [5.74, 6) is 0. The maximum atomic E-state index is 6.11. The minimum atomic E-state index is -3.52. The van der Waals surface area contributed by atoms with E-state index in [0.717, 1.165) is 0 Å². The van der Waals surface area contributed by atoms with Gasteiger partial charge in [0.2, 0.25) is 0 Å². The van der Waals surface area contributed by atoms with Crippen molar-refractivity contribution in [1.82, 2.24) is 0 Å². The first-order chi connectivity index (χ1) is 11.8. The molecule has 0 aliphatic carbocycles. The number of ether oxygens (including phenoxy) is 4. The highest BCUT2D eigenvalue weighted by Gasteiger charge is 2.51. The molecule has 8 nitrogen and oxygen atoms in total. The second-order valence-corrected chi connectivity index (χ2v) is 7.98. The van der Waals surface area contributed by atoms with Crippen LogP contribution in [-0.4, -0.2) is 88.3 Å². The molecular weight excluding hydrogens is 348 g/mol. The summed E-state index contributed by atoms with van der Waals surface area (Å²) in [4.78, 5) is 0. The van der Waals surface area contributed by atoms with Crippen molar-refractivity contribution in [1.29, 1.82) is 0 Å². The van der Waals surface area contributed by atoms with E-state index >= 15 is 0 Å². The number of hydrogen-bond donors (Lipinski definition) is 0. The van der Waals surface area contributed by atoms with Crippen molar-refractivity contribution >= 4 is 9.05 Å². The monoisotopic (exact) mass is 384 g/mol. The molecule has 0 unspecified atom stereocenters. The lowest BCUT2D eigenvalue weighted by atomic mass is 10.4. The van der Waals surface area contributed by atoms with Gasteiger partial charge in [-0.2, -0.15) is 0 Å². The Bertz CT molecular complexity index is 259. The lowest BCUT2D eigenvalue weighted by molar-refractivity contribution is -0.122. The van der Waals surface area contributed by atoms with Gasteiger partial charge >= 0.3 is 9.05 Å². The molecule has 0 bridgehead atoms. The van der Waals surface area contributed by atoms with Crippen molar-refractivity contribution < 1.29 is 36.7 Å². The Balaban J connectivity index is 5.39. The first kappa shape index (κ1) is 24.9. The molecule has 0 aromatic heterocycles. The molecule has 0 spiro atoms. The fourth-order valence-corrected chi connectivity index (χ4v) is 4.80. The molecule has 0 amide bonds. The van der Waals surface area contributed by atoms with Crippen LogP contribution in [0.4, 0.5) is 0 Å². The summed E-state index contributed by atoms with van der Waals surface area (Å²) in [5.41, 5.74) is 0. The van der Waals surface area contributed by atoms with E-state index in [2.05, 4.69) is 0 Å². The Morgan fingerprint density at radius 1 is 0.480 bits per heavy atom. The zero-order valence-corrected chi connectivity index (χ0v) is 17.9. The smallest absolute Gasteiger partial charge is 0.382 e. The van der Waals surface area contributed by atoms with Crippen LogP contribution in [0.2, 0.25) is 0 Å². The van der Waals surface area contributed by atoms with Gasteiger partial charge in [0.25, 0.3) is 0 Å². The molecule has 0 aliphatic rings. The highest BCUT2D eigenvalue weighted by atomic mass is 28.4. The van der Waals surface area contributed by atoms with Crippen LogP contribution in [-0.2, 0) is 36.7 Å². The molecule has 0 aliphatic heterocycles. The molecule has 0 radical (unpaired) electrons. The zero-order valence-electron chi connectivity index (χ0n) is 16.9. The fourth-order valence-electron chi connectivity index (χ4n) is 2.23. The van der Waals surface area contributed by atoms with E-state index in [9.17, 15) is 0 Å². The molecule has 9 heteroatoms. The maximum absolute atomic E-state index is 6.11. The summed E-state index contributed by atoms with van der Waals surface area (Å²) in [6.45, 7) is 9.08. The van der Waals surface area contributed by atoms with Gasteiger partial charge < -0.3 is 36.7 Å². The summed E-state index contributed by atoms with van der Waals surface area (Å²) in [5, 5.41) is 0. The normalized spacial score (nSPS) is 17.3. The molecule has 0 N–H and O–H groups in total. The van der Waals surface area contributed by atoms with E-state index in [1.807, 2.05) is 27.7 Å². The van der Waals surface area contributed by atoms with Crippen LogP contribution in [0.3, 0.4) is 0 Å². The van der Waals surface area contributed by atoms with Gasteiger partial charge in [0.15, 0.2) is 0 Å². The second-order valence-electron chi connectivity index (χ2n) is 6.04. The van der Waals surface area contributed by atoms with Crippen LogP contribution in [0, 0.1) is 0 Å². The van der Waals surface area contributed by atoms with Crippen molar-refractivity contribution in [2.24, 2.45) is 0 Å². The number of hydrogen-bond acceptors (Lipinski definition) is 8. The standard InChI is InChI=1S/C16H36O8Si/c1-13(9-17-5)21-25(22-14(2)10-18-6,23-15(3)11-19-7)24-16(4)12-20-8/h13-16H,9-12H2,1-8H3/t13-,14-,15-,16-/m0/s1. The molecule has 4 atom stereocenters. The molecule has 0 saturated carbocycles.